The second kappa shape index (κ2) is 7.77. The van der Waals surface area contributed by atoms with E-state index >= 15 is 0 Å². The van der Waals surface area contributed by atoms with E-state index < -0.39 is 12.0 Å². The smallest absolute Gasteiger partial charge is 0.320 e. The van der Waals surface area contributed by atoms with Crippen LogP contribution in [0, 0.1) is 0 Å². The molecule has 5 nitrogen and oxygen atoms in total. The van der Waals surface area contributed by atoms with E-state index in [9.17, 15) is 4.79 Å². The molecule has 0 saturated heterocycles. The fourth-order valence-corrected chi connectivity index (χ4v) is 2.76. The van der Waals surface area contributed by atoms with Crippen molar-refractivity contribution in [1.82, 2.24) is 9.55 Å². The van der Waals surface area contributed by atoms with Gasteiger partial charge in [-0.3, -0.25) is 4.79 Å². The normalized spacial score (nSPS) is 12.0. The Morgan fingerprint density at radius 1 is 1.04 bits per heavy atom. The van der Waals surface area contributed by atoms with Gasteiger partial charge in [-0.25, -0.2) is 4.98 Å². The van der Waals surface area contributed by atoms with Crippen LogP contribution in [0.25, 0.3) is 0 Å². The SMILES string of the molecule is N[C@@H](Cc1cn(Cc2ccccc2)c(Cc2ccccc2)n1)C(=O)O. The van der Waals surface area contributed by atoms with E-state index in [-0.39, 0.29) is 6.42 Å². The van der Waals surface area contributed by atoms with E-state index in [1.54, 1.807) is 0 Å². The minimum Gasteiger partial charge on any atom is -0.480 e. The number of hydrogen-bond donors (Lipinski definition) is 2. The highest BCUT2D eigenvalue weighted by Gasteiger charge is 2.16. The molecule has 1 atom stereocenters. The first-order valence-corrected chi connectivity index (χ1v) is 8.23. The molecule has 0 spiro atoms. The molecular formula is C20H21N3O2. The topological polar surface area (TPSA) is 81.1 Å². The summed E-state index contributed by atoms with van der Waals surface area (Å²) < 4.78 is 2.08. The van der Waals surface area contributed by atoms with Crippen molar-refractivity contribution in [2.24, 2.45) is 5.73 Å². The third kappa shape index (κ3) is 4.55. The highest BCUT2D eigenvalue weighted by molar-refractivity contribution is 5.73. The summed E-state index contributed by atoms with van der Waals surface area (Å²) in [7, 11) is 0. The molecule has 0 amide bonds. The number of nitrogens with two attached hydrogens (primary N) is 1. The first-order valence-electron chi connectivity index (χ1n) is 8.23. The molecule has 5 heteroatoms. The summed E-state index contributed by atoms with van der Waals surface area (Å²) in [4.78, 5) is 15.7. The molecule has 1 aromatic heterocycles. The molecule has 0 aliphatic heterocycles. The Morgan fingerprint density at radius 3 is 2.24 bits per heavy atom. The van der Waals surface area contributed by atoms with Crippen LogP contribution in [0.15, 0.2) is 66.9 Å². The lowest BCUT2D eigenvalue weighted by molar-refractivity contribution is -0.138. The Morgan fingerprint density at radius 2 is 1.64 bits per heavy atom. The summed E-state index contributed by atoms with van der Waals surface area (Å²) in [6.07, 6.45) is 2.82. The molecule has 2 aromatic carbocycles. The van der Waals surface area contributed by atoms with Gasteiger partial charge in [0.2, 0.25) is 0 Å². The Kier molecular flexibility index (Phi) is 5.26. The van der Waals surface area contributed by atoms with Crippen LogP contribution in [0.5, 0.6) is 0 Å². The second-order valence-electron chi connectivity index (χ2n) is 6.07. The maximum Gasteiger partial charge on any atom is 0.320 e. The predicted octanol–water partition coefficient (Wildman–Crippen LogP) is 2.48. The van der Waals surface area contributed by atoms with Crippen LogP contribution in [-0.2, 0) is 24.2 Å². The summed E-state index contributed by atoms with van der Waals surface area (Å²) >= 11 is 0. The van der Waals surface area contributed by atoms with Gasteiger partial charge in [0, 0.05) is 25.6 Å². The molecule has 0 saturated carbocycles. The quantitative estimate of drug-likeness (QED) is 0.695. The Hall–Kier alpha value is -2.92. The fraction of sp³-hybridized carbons (Fsp3) is 0.200. The van der Waals surface area contributed by atoms with Crippen molar-refractivity contribution in [2.45, 2.75) is 25.4 Å². The number of nitrogens with zero attached hydrogens (tertiary/aromatic N) is 2. The third-order valence-corrected chi connectivity index (χ3v) is 4.06. The molecule has 3 rings (SSSR count). The van der Waals surface area contributed by atoms with Crippen molar-refractivity contribution in [3.05, 3.63) is 89.5 Å². The lowest BCUT2D eigenvalue weighted by Crippen LogP contribution is -2.32. The van der Waals surface area contributed by atoms with Crippen LogP contribution in [0.1, 0.15) is 22.6 Å². The molecule has 0 fully saturated rings. The molecule has 25 heavy (non-hydrogen) atoms. The Labute approximate surface area is 146 Å². The molecular weight excluding hydrogens is 314 g/mol. The Balaban J connectivity index is 1.87. The van der Waals surface area contributed by atoms with Crippen LogP contribution in [0.2, 0.25) is 0 Å². The summed E-state index contributed by atoms with van der Waals surface area (Å²) in [5.41, 5.74) is 8.70. The zero-order valence-electron chi connectivity index (χ0n) is 13.9. The van der Waals surface area contributed by atoms with E-state index in [2.05, 4.69) is 33.8 Å². The highest BCUT2D eigenvalue weighted by atomic mass is 16.4. The van der Waals surface area contributed by atoms with Crippen molar-refractivity contribution >= 4 is 5.97 Å². The zero-order chi connectivity index (χ0) is 17.6. The number of hydrogen-bond acceptors (Lipinski definition) is 3. The van der Waals surface area contributed by atoms with Crippen LogP contribution < -0.4 is 5.73 Å². The van der Waals surface area contributed by atoms with Crippen molar-refractivity contribution in [3.63, 3.8) is 0 Å². The maximum absolute atomic E-state index is 11.0. The number of carbonyl (C=O) groups is 1. The third-order valence-electron chi connectivity index (χ3n) is 4.06. The molecule has 0 radical (unpaired) electrons. The van der Waals surface area contributed by atoms with Gasteiger partial charge in [0.15, 0.2) is 0 Å². The van der Waals surface area contributed by atoms with Crippen molar-refractivity contribution in [3.8, 4) is 0 Å². The van der Waals surface area contributed by atoms with E-state index in [0.29, 0.717) is 18.7 Å². The number of carboxylic acids is 1. The van der Waals surface area contributed by atoms with Crippen molar-refractivity contribution in [1.29, 1.82) is 0 Å². The summed E-state index contributed by atoms with van der Waals surface area (Å²) in [6.45, 7) is 0.693. The average molecular weight is 335 g/mol. The molecule has 128 valence electrons. The standard InChI is InChI=1S/C20H21N3O2/c21-18(20(24)25)12-17-14-23(13-16-9-5-2-6-10-16)19(22-17)11-15-7-3-1-4-8-15/h1-10,14,18H,11-13,21H2,(H,24,25)/t18-/m0/s1. The summed E-state index contributed by atoms with van der Waals surface area (Å²) in [6, 6.07) is 19.3. The molecule has 3 N–H and O–H groups in total. The van der Waals surface area contributed by atoms with E-state index in [0.717, 1.165) is 11.4 Å². The second-order valence-corrected chi connectivity index (χ2v) is 6.07. The molecule has 0 aliphatic rings. The monoisotopic (exact) mass is 335 g/mol. The molecule has 3 aromatic rings. The Bertz CT molecular complexity index is 770. The lowest BCUT2D eigenvalue weighted by atomic mass is 10.1. The van der Waals surface area contributed by atoms with Gasteiger partial charge >= 0.3 is 5.97 Å². The van der Waals surface area contributed by atoms with Crippen LogP contribution in [-0.4, -0.2) is 26.7 Å². The first-order chi connectivity index (χ1) is 12.1. The molecule has 0 aliphatic carbocycles. The summed E-state index contributed by atoms with van der Waals surface area (Å²) in [5.74, 6) is -0.107. The fourth-order valence-electron chi connectivity index (χ4n) is 2.76. The average Bonchev–Trinajstić information content (AvgIpc) is 2.97. The number of benzene rings is 2. The maximum atomic E-state index is 11.0. The van der Waals surface area contributed by atoms with Crippen molar-refractivity contribution < 1.29 is 9.90 Å². The van der Waals surface area contributed by atoms with E-state index in [1.165, 1.54) is 5.56 Å². The van der Waals surface area contributed by atoms with Crippen molar-refractivity contribution in [2.75, 3.05) is 0 Å². The zero-order valence-corrected chi connectivity index (χ0v) is 13.9. The van der Waals surface area contributed by atoms with Gasteiger partial charge in [0.05, 0.1) is 5.69 Å². The number of rotatable bonds is 7. The van der Waals surface area contributed by atoms with E-state index in [4.69, 9.17) is 10.8 Å². The highest BCUT2D eigenvalue weighted by Crippen LogP contribution is 2.14. The minimum atomic E-state index is -1.01. The number of imidazole rings is 1. The van der Waals surface area contributed by atoms with Gasteiger partial charge in [-0.2, -0.15) is 0 Å². The van der Waals surface area contributed by atoms with E-state index in [1.807, 2.05) is 42.6 Å². The number of carboxylic acid groups (broad SMARTS) is 1. The van der Waals surface area contributed by atoms with Crippen LogP contribution in [0.4, 0.5) is 0 Å². The van der Waals surface area contributed by atoms with Crippen LogP contribution >= 0.6 is 0 Å². The first kappa shape index (κ1) is 16.9. The van der Waals surface area contributed by atoms with Gasteiger partial charge in [-0.15, -0.1) is 0 Å². The number of aliphatic carboxylic acids is 1. The molecule has 0 bridgehead atoms. The van der Waals surface area contributed by atoms with Gasteiger partial charge in [-0.05, 0) is 11.1 Å². The minimum absolute atomic E-state index is 0.221. The lowest BCUT2D eigenvalue weighted by Gasteiger charge is -2.08. The van der Waals surface area contributed by atoms with Crippen LogP contribution in [0.3, 0.4) is 0 Å². The van der Waals surface area contributed by atoms with Gasteiger partial charge in [0.1, 0.15) is 11.9 Å². The largest absolute Gasteiger partial charge is 0.480 e. The van der Waals surface area contributed by atoms with Gasteiger partial charge < -0.3 is 15.4 Å². The molecule has 0 unspecified atom stereocenters. The van der Waals surface area contributed by atoms with Gasteiger partial charge in [0.25, 0.3) is 0 Å². The molecule has 1 heterocycles. The number of aromatic nitrogens is 2. The summed E-state index contributed by atoms with van der Waals surface area (Å²) in [5, 5.41) is 9.03. The predicted molar refractivity (Wildman–Crippen MR) is 96.3 cm³/mol. The van der Waals surface area contributed by atoms with Gasteiger partial charge in [-0.1, -0.05) is 60.7 Å².